The summed E-state index contributed by atoms with van der Waals surface area (Å²) in [5.41, 5.74) is 3.21. The van der Waals surface area contributed by atoms with Gasteiger partial charge in [0, 0.05) is 31.4 Å². The fourth-order valence-corrected chi connectivity index (χ4v) is 4.62. The average molecular weight is 420 g/mol. The predicted molar refractivity (Wildman–Crippen MR) is 116 cm³/mol. The number of aromatic nitrogens is 3. The Hall–Kier alpha value is -3.07. The summed E-state index contributed by atoms with van der Waals surface area (Å²) in [6, 6.07) is 12.7. The van der Waals surface area contributed by atoms with Crippen LogP contribution in [0.5, 0.6) is 5.75 Å². The molecule has 0 aliphatic carbocycles. The first-order valence-electron chi connectivity index (χ1n) is 9.72. The fraction of sp³-hybridized carbons (Fsp3) is 0.227. The van der Waals surface area contributed by atoms with E-state index in [0.717, 1.165) is 23.2 Å². The summed E-state index contributed by atoms with van der Waals surface area (Å²) >= 11 is 1.41. The number of nitrogens with one attached hydrogen (secondary N) is 1. The van der Waals surface area contributed by atoms with Crippen LogP contribution in [0.4, 0.5) is 0 Å². The second-order valence-electron chi connectivity index (χ2n) is 7.26. The molecule has 3 aromatic heterocycles. The molecule has 1 aliphatic rings. The lowest BCUT2D eigenvalue weighted by molar-refractivity contribution is -0.0328. The summed E-state index contributed by atoms with van der Waals surface area (Å²) in [6.07, 6.45) is 1.58. The number of hydrogen-bond donors (Lipinski definition) is 2. The van der Waals surface area contributed by atoms with Gasteiger partial charge in [-0.05, 0) is 35.2 Å². The number of phenols is 1. The smallest absolute Gasteiger partial charge is 0.269 e. The van der Waals surface area contributed by atoms with Crippen LogP contribution in [0.1, 0.15) is 17.2 Å². The first kappa shape index (κ1) is 18.9. The molecule has 0 amide bonds. The molecule has 1 saturated heterocycles. The number of morpholine rings is 1. The van der Waals surface area contributed by atoms with Crippen LogP contribution < -0.4 is 5.56 Å². The van der Waals surface area contributed by atoms with Gasteiger partial charge in [-0.15, -0.1) is 11.3 Å². The average Bonchev–Trinajstić information content (AvgIpc) is 3.18. The van der Waals surface area contributed by atoms with Crippen LogP contribution in [-0.2, 0) is 11.3 Å². The number of H-pyrrole nitrogens is 1. The summed E-state index contributed by atoms with van der Waals surface area (Å²) in [4.78, 5) is 26.7. The molecule has 0 bridgehead atoms. The van der Waals surface area contributed by atoms with E-state index in [1.165, 1.54) is 11.3 Å². The Morgan fingerprint density at radius 1 is 1.27 bits per heavy atom. The summed E-state index contributed by atoms with van der Waals surface area (Å²) in [5, 5.41) is 11.8. The van der Waals surface area contributed by atoms with Gasteiger partial charge in [-0.3, -0.25) is 14.7 Å². The molecule has 30 heavy (non-hydrogen) atoms. The van der Waals surface area contributed by atoms with Gasteiger partial charge in [0.25, 0.3) is 5.56 Å². The highest BCUT2D eigenvalue weighted by Crippen LogP contribution is 2.28. The minimum Gasteiger partial charge on any atom is -0.508 e. The van der Waals surface area contributed by atoms with Crippen LogP contribution in [0.2, 0.25) is 0 Å². The standard InChI is InChI=1S/C22H20N4O3S/c27-16-5-3-4-14(10-16)18-12-26(8-9-29-18)11-15-13-30-20-19(15)24-21(25-22(20)28)17-6-1-2-7-23-17/h1-7,10,13,18,27H,8-9,11-12H2,(H,24,25,28). The van der Waals surface area contributed by atoms with Gasteiger partial charge in [-0.2, -0.15) is 0 Å². The van der Waals surface area contributed by atoms with E-state index in [0.29, 0.717) is 35.9 Å². The third kappa shape index (κ3) is 3.72. The normalized spacial score (nSPS) is 17.4. The minimum atomic E-state index is -0.142. The number of ether oxygens (including phenoxy) is 1. The largest absolute Gasteiger partial charge is 0.508 e. The van der Waals surface area contributed by atoms with Gasteiger partial charge in [0.15, 0.2) is 5.82 Å². The number of aromatic hydroxyl groups is 1. The number of thiophene rings is 1. The van der Waals surface area contributed by atoms with Crippen molar-refractivity contribution >= 4 is 21.6 Å². The van der Waals surface area contributed by atoms with Crippen molar-refractivity contribution in [3.8, 4) is 17.3 Å². The Kier molecular flexibility index (Phi) is 5.04. The van der Waals surface area contributed by atoms with Gasteiger partial charge in [0.2, 0.25) is 0 Å². The third-order valence-corrected chi connectivity index (χ3v) is 6.21. The Bertz CT molecular complexity index is 1240. The van der Waals surface area contributed by atoms with E-state index in [2.05, 4.69) is 14.9 Å². The number of benzene rings is 1. The van der Waals surface area contributed by atoms with Gasteiger partial charge < -0.3 is 14.8 Å². The molecule has 4 heterocycles. The Balaban J connectivity index is 1.42. The zero-order valence-electron chi connectivity index (χ0n) is 16.1. The molecule has 1 fully saturated rings. The van der Waals surface area contributed by atoms with E-state index in [9.17, 15) is 9.90 Å². The highest BCUT2D eigenvalue weighted by atomic mass is 32.1. The molecule has 1 unspecified atom stereocenters. The minimum absolute atomic E-state index is 0.101. The Morgan fingerprint density at radius 2 is 2.20 bits per heavy atom. The number of nitrogens with zero attached hydrogens (tertiary/aromatic N) is 3. The van der Waals surface area contributed by atoms with Crippen molar-refractivity contribution in [1.82, 2.24) is 19.9 Å². The second-order valence-corrected chi connectivity index (χ2v) is 8.14. The number of rotatable bonds is 4. The lowest BCUT2D eigenvalue weighted by Gasteiger charge is -2.33. The molecule has 1 aliphatic heterocycles. The second kappa shape index (κ2) is 7.98. The van der Waals surface area contributed by atoms with Crippen LogP contribution in [0, 0.1) is 0 Å². The van der Waals surface area contributed by atoms with Crippen molar-refractivity contribution in [2.45, 2.75) is 12.6 Å². The van der Waals surface area contributed by atoms with E-state index in [1.54, 1.807) is 18.3 Å². The molecular weight excluding hydrogens is 400 g/mol. The van der Waals surface area contributed by atoms with Gasteiger partial charge >= 0.3 is 0 Å². The van der Waals surface area contributed by atoms with Crippen LogP contribution in [0.3, 0.4) is 0 Å². The summed E-state index contributed by atoms with van der Waals surface area (Å²) < 4.78 is 6.55. The SMILES string of the molecule is O=c1[nH]c(-c2ccccn2)nc2c(CN3CCOC(c4cccc(O)c4)C3)csc12. The zero-order chi connectivity index (χ0) is 20.5. The fourth-order valence-electron chi connectivity index (χ4n) is 3.73. The maximum atomic E-state index is 12.6. The van der Waals surface area contributed by atoms with E-state index < -0.39 is 0 Å². The monoisotopic (exact) mass is 420 g/mol. The molecule has 0 radical (unpaired) electrons. The molecule has 1 aromatic carbocycles. The van der Waals surface area contributed by atoms with Crippen molar-refractivity contribution in [2.24, 2.45) is 0 Å². The predicted octanol–water partition coefficient (Wildman–Crippen LogP) is 3.33. The maximum absolute atomic E-state index is 12.6. The van der Waals surface area contributed by atoms with Crippen LogP contribution in [-0.4, -0.2) is 44.7 Å². The molecule has 4 aromatic rings. The molecule has 0 spiro atoms. The topological polar surface area (TPSA) is 91.3 Å². The Labute approximate surface area is 176 Å². The van der Waals surface area contributed by atoms with E-state index in [4.69, 9.17) is 9.72 Å². The number of pyridine rings is 1. The molecule has 152 valence electrons. The first-order valence-corrected chi connectivity index (χ1v) is 10.6. The summed E-state index contributed by atoms with van der Waals surface area (Å²) in [7, 11) is 0. The van der Waals surface area contributed by atoms with E-state index in [1.807, 2.05) is 35.7 Å². The molecule has 2 N–H and O–H groups in total. The lowest BCUT2D eigenvalue weighted by atomic mass is 10.1. The number of phenolic OH excluding ortho intramolecular Hbond substituents is 1. The Morgan fingerprint density at radius 3 is 3.03 bits per heavy atom. The van der Waals surface area contributed by atoms with Crippen molar-refractivity contribution in [2.75, 3.05) is 19.7 Å². The molecule has 8 heteroatoms. The molecule has 5 rings (SSSR count). The van der Waals surface area contributed by atoms with Crippen LogP contribution in [0.25, 0.3) is 21.7 Å². The maximum Gasteiger partial charge on any atom is 0.269 e. The third-order valence-electron chi connectivity index (χ3n) is 5.19. The molecule has 0 saturated carbocycles. The van der Waals surface area contributed by atoms with Gasteiger partial charge in [-0.1, -0.05) is 18.2 Å². The quantitative estimate of drug-likeness (QED) is 0.526. The van der Waals surface area contributed by atoms with Gasteiger partial charge in [-0.25, -0.2) is 4.98 Å². The van der Waals surface area contributed by atoms with Crippen LogP contribution in [0.15, 0.2) is 58.8 Å². The van der Waals surface area contributed by atoms with Crippen molar-refractivity contribution in [3.63, 3.8) is 0 Å². The summed E-state index contributed by atoms with van der Waals surface area (Å²) in [5.74, 6) is 0.717. The number of fused-ring (bicyclic) bond motifs is 1. The molecule has 1 atom stereocenters. The number of aromatic amines is 1. The number of hydrogen-bond acceptors (Lipinski definition) is 7. The van der Waals surface area contributed by atoms with Gasteiger partial charge in [0.1, 0.15) is 16.1 Å². The van der Waals surface area contributed by atoms with Crippen molar-refractivity contribution in [1.29, 1.82) is 0 Å². The zero-order valence-corrected chi connectivity index (χ0v) is 16.9. The molecule has 7 nitrogen and oxygen atoms in total. The van der Waals surface area contributed by atoms with Crippen molar-refractivity contribution < 1.29 is 9.84 Å². The molecular formula is C22H20N4O3S. The van der Waals surface area contributed by atoms with Crippen molar-refractivity contribution in [3.05, 3.63) is 75.5 Å². The lowest BCUT2D eigenvalue weighted by Crippen LogP contribution is -2.37. The highest BCUT2D eigenvalue weighted by molar-refractivity contribution is 7.17. The summed E-state index contributed by atoms with van der Waals surface area (Å²) in [6.45, 7) is 2.78. The highest BCUT2D eigenvalue weighted by Gasteiger charge is 2.24. The van der Waals surface area contributed by atoms with Gasteiger partial charge in [0.05, 0.1) is 18.2 Å². The van der Waals surface area contributed by atoms with Crippen LogP contribution >= 0.6 is 11.3 Å². The van der Waals surface area contributed by atoms with E-state index in [-0.39, 0.29) is 17.4 Å². The van der Waals surface area contributed by atoms with E-state index >= 15 is 0 Å². The first-order chi connectivity index (χ1) is 14.7.